The number of aliphatic hydroxyl groups is 1. The van der Waals surface area contributed by atoms with Crippen LogP contribution in [-0.4, -0.2) is 48.0 Å². The summed E-state index contributed by atoms with van der Waals surface area (Å²) in [6.45, 7) is 13.9. The summed E-state index contributed by atoms with van der Waals surface area (Å²) in [4.78, 5) is 26.3. The lowest BCUT2D eigenvalue weighted by atomic mass is 9.44. The van der Waals surface area contributed by atoms with E-state index in [-0.39, 0.29) is 18.6 Å². The standard InChI is InChI=1S/C39H62N2O5/c1-26(11-10-22-42)31-16-17-32-30-15-14-28-23-29(18-20-38(28,5)33(30)19-21-39(31,32)6)40-35(43)34(41-36(44)46-37(2,3)4)25-45-24-27-12-8-7-9-13-27/h7-9,12-13,26,28-34,42H,10-11,14-25H2,1-6H3,(H,40,43)(H,41,44)/t26-,28-,29+,30+,31-,32+,33+,34-,38+,39-/m1/s1. The number of carbonyl (C=O) groups excluding carboxylic acids is 2. The van der Waals surface area contributed by atoms with Crippen LogP contribution >= 0.6 is 0 Å². The molecule has 2 amide bonds. The van der Waals surface area contributed by atoms with Crippen molar-refractivity contribution in [1.29, 1.82) is 0 Å². The third-order valence-electron chi connectivity index (χ3n) is 13.0. The number of aliphatic hydroxyl groups excluding tert-OH is 1. The Hall–Kier alpha value is -2.12. The molecule has 0 saturated heterocycles. The predicted molar refractivity (Wildman–Crippen MR) is 182 cm³/mol. The van der Waals surface area contributed by atoms with Crippen molar-refractivity contribution in [3.63, 3.8) is 0 Å². The van der Waals surface area contributed by atoms with Crippen LogP contribution in [0.4, 0.5) is 4.79 Å². The lowest BCUT2D eigenvalue weighted by molar-refractivity contribution is -0.130. The van der Waals surface area contributed by atoms with Gasteiger partial charge in [-0.15, -0.1) is 0 Å². The summed E-state index contributed by atoms with van der Waals surface area (Å²) in [5.74, 6) is 4.35. The Labute approximate surface area is 278 Å². The Morgan fingerprint density at radius 3 is 2.41 bits per heavy atom. The molecule has 0 spiro atoms. The van der Waals surface area contributed by atoms with Gasteiger partial charge in [0.15, 0.2) is 0 Å². The van der Waals surface area contributed by atoms with Crippen molar-refractivity contribution < 1.29 is 24.2 Å². The van der Waals surface area contributed by atoms with Crippen LogP contribution in [0.3, 0.4) is 0 Å². The van der Waals surface area contributed by atoms with Crippen LogP contribution in [0.2, 0.25) is 0 Å². The molecule has 0 aliphatic heterocycles. The maximum Gasteiger partial charge on any atom is 0.408 e. The summed E-state index contributed by atoms with van der Waals surface area (Å²) in [5, 5.41) is 15.6. The molecule has 4 aliphatic carbocycles. The van der Waals surface area contributed by atoms with Crippen molar-refractivity contribution >= 4 is 12.0 Å². The first-order valence-electron chi connectivity index (χ1n) is 18.4. The second-order valence-corrected chi connectivity index (χ2v) is 16.9. The molecule has 0 bridgehead atoms. The average molecular weight is 639 g/mol. The SMILES string of the molecule is C[C@H](CCCO)[C@H]1CC[C@H]2[C@@H]3CC[C@@H]4C[C@@H](NC(=O)[C@@H](COCc5ccccc5)NC(=O)OC(C)(C)C)CC[C@]4(C)[C@H]3CC[C@]12C. The van der Waals surface area contributed by atoms with Crippen LogP contribution in [-0.2, 0) is 20.9 Å². The van der Waals surface area contributed by atoms with E-state index in [9.17, 15) is 14.7 Å². The molecule has 0 heterocycles. The van der Waals surface area contributed by atoms with Gasteiger partial charge in [-0.05, 0) is 143 Å². The molecule has 3 N–H and O–H groups in total. The Bertz CT molecular complexity index is 1170. The molecule has 258 valence electrons. The highest BCUT2D eigenvalue weighted by molar-refractivity contribution is 5.86. The summed E-state index contributed by atoms with van der Waals surface area (Å²) < 4.78 is 11.4. The van der Waals surface area contributed by atoms with Crippen molar-refractivity contribution in [2.24, 2.45) is 46.3 Å². The quantitative estimate of drug-likeness (QED) is 0.231. The zero-order valence-electron chi connectivity index (χ0n) is 29.5. The van der Waals surface area contributed by atoms with Crippen LogP contribution in [0.25, 0.3) is 0 Å². The minimum Gasteiger partial charge on any atom is -0.444 e. The Morgan fingerprint density at radius 2 is 1.70 bits per heavy atom. The fourth-order valence-electron chi connectivity index (χ4n) is 10.8. The number of benzene rings is 1. The normalized spacial score (nSPS) is 35.2. The number of carbonyl (C=O) groups is 2. The van der Waals surface area contributed by atoms with Crippen molar-refractivity contribution in [3.05, 3.63) is 35.9 Å². The van der Waals surface area contributed by atoms with Gasteiger partial charge in [-0.3, -0.25) is 4.79 Å². The second kappa shape index (κ2) is 14.6. The smallest absolute Gasteiger partial charge is 0.408 e. The highest BCUT2D eigenvalue weighted by Gasteiger charge is 2.60. The summed E-state index contributed by atoms with van der Waals surface area (Å²) in [7, 11) is 0. The molecule has 5 rings (SSSR count). The van der Waals surface area contributed by atoms with Crippen molar-refractivity contribution in [1.82, 2.24) is 10.6 Å². The fourth-order valence-corrected chi connectivity index (χ4v) is 10.8. The lowest BCUT2D eigenvalue weighted by Gasteiger charge is -2.61. The molecule has 7 nitrogen and oxygen atoms in total. The molecular formula is C39H62N2O5. The number of nitrogens with one attached hydrogen (secondary N) is 2. The van der Waals surface area contributed by atoms with E-state index >= 15 is 0 Å². The number of rotatable bonds is 11. The predicted octanol–water partition coefficient (Wildman–Crippen LogP) is 7.65. The molecule has 4 fully saturated rings. The maximum atomic E-state index is 13.7. The zero-order chi connectivity index (χ0) is 33.1. The van der Waals surface area contributed by atoms with Crippen LogP contribution < -0.4 is 10.6 Å². The molecule has 0 radical (unpaired) electrons. The van der Waals surface area contributed by atoms with Gasteiger partial charge in [0.05, 0.1) is 13.2 Å². The molecule has 1 aromatic carbocycles. The first-order valence-corrected chi connectivity index (χ1v) is 18.4. The monoisotopic (exact) mass is 638 g/mol. The van der Waals surface area contributed by atoms with E-state index in [0.717, 1.165) is 61.3 Å². The first kappa shape index (κ1) is 35.2. The number of alkyl carbamates (subject to hydrolysis) is 1. The van der Waals surface area contributed by atoms with E-state index in [4.69, 9.17) is 9.47 Å². The Kier molecular flexibility index (Phi) is 11.1. The highest BCUT2D eigenvalue weighted by Crippen LogP contribution is 2.68. The van der Waals surface area contributed by atoms with Crippen LogP contribution in [0, 0.1) is 46.3 Å². The number of amides is 2. The van der Waals surface area contributed by atoms with Gasteiger partial charge >= 0.3 is 6.09 Å². The highest BCUT2D eigenvalue weighted by atomic mass is 16.6. The first-order chi connectivity index (χ1) is 21.8. The summed E-state index contributed by atoms with van der Waals surface area (Å²) >= 11 is 0. The molecule has 1 aromatic rings. The van der Waals surface area contributed by atoms with E-state index in [1.165, 1.54) is 38.5 Å². The molecule has 46 heavy (non-hydrogen) atoms. The minimum atomic E-state index is -0.825. The van der Waals surface area contributed by atoms with Gasteiger partial charge in [0, 0.05) is 12.6 Å². The summed E-state index contributed by atoms with van der Waals surface area (Å²) in [6, 6.07) is 9.14. The van der Waals surface area contributed by atoms with E-state index in [2.05, 4.69) is 31.4 Å². The molecular weight excluding hydrogens is 576 g/mol. The molecule has 0 unspecified atom stereocenters. The topological polar surface area (TPSA) is 96.9 Å². The number of fused-ring (bicyclic) bond motifs is 5. The molecule has 4 saturated carbocycles. The fraction of sp³-hybridized carbons (Fsp3) is 0.795. The van der Waals surface area contributed by atoms with Gasteiger partial charge in [-0.1, -0.05) is 51.1 Å². The Balaban J connectivity index is 1.19. The van der Waals surface area contributed by atoms with Gasteiger partial charge < -0.3 is 25.2 Å². The maximum absolute atomic E-state index is 13.7. The number of ether oxygens (including phenoxy) is 2. The van der Waals surface area contributed by atoms with Gasteiger partial charge in [0.25, 0.3) is 0 Å². The third-order valence-corrected chi connectivity index (χ3v) is 13.0. The number of hydrogen-bond donors (Lipinski definition) is 3. The van der Waals surface area contributed by atoms with E-state index < -0.39 is 17.7 Å². The molecule has 4 aliphatic rings. The lowest BCUT2D eigenvalue weighted by Crippen LogP contribution is -2.57. The second-order valence-electron chi connectivity index (χ2n) is 16.9. The molecule has 0 aromatic heterocycles. The van der Waals surface area contributed by atoms with Gasteiger partial charge in [0.2, 0.25) is 5.91 Å². The molecule has 7 heteroatoms. The average Bonchev–Trinajstić information content (AvgIpc) is 3.36. The van der Waals surface area contributed by atoms with Crippen LogP contribution in [0.15, 0.2) is 30.3 Å². The minimum absolute atomic E-state index is 0.0807. The van der Waals surface area contributed by atoms with Crippen LogP contribution in [0.5, 0.6) is 0 Å². The molecule has 10 atom stereocenters. The van der Waals surface area contributed by atoms with Gasteiger partial charge in [-0.2, -0.15) is 0 Å². The van der Waals surface area contributed by atoms with E-state index in [1.807, 2.05) is 51.1 Å². The summed E-state index contributed by atoms with van der Waals surface area (Å²) in [6.07, 6.45) is 12.6. The van der Waals surface area contributed by atoms with E-state index in [0.29, 0.717) is 35.9 Å². The van der Waals surface area contributed by atoms with Crippen molar-refractivity contribution in [3.8, 4) is 0 Å². The zero-order valence-corrected chi connectivity index (χ0v) is 29.5. The number of hydrogen-bond acceptors (Lipinski definition) is 5. The third kappa shape index (κ3) is 7.77. The van der Waals surface area contributed by atoms with Crippen molar-refractivity contribution in [2.45, 2.75) is 136 Å². The van der Waals surface area contributed by atoms with Crippen molar-refractivity contribution in [2.75, 3.05) is 13.2 Å². The summed E-state index contributed by atoms with van der Waals surface area (Å²) in [5.41, 5.74) is 1.15. The van der Waals surface area contributed by atoms with Gasteiger partial charge in [0.1, 0.15) is 11.6 Å². The van der Waals surface area contributed by atoms with E-state index in [1.54, 1.807) is 0 Å². The largest absolute Gasteiger partial charge is 0.444 e. The van der Waals surface area contributed by atoms with Gasteiger partial charge in [-0.25, -0.2) is 4.79 Å². The van der Waals surface area contributed by atoms with Crippen LogP contribution in [0.1, 0.15) is 118 Å². The Morgan fingerprint density at radius 1 is 0.978 bits per heavy atom.